The molecule has 1 aliphatic carbocycles. The SMILES string of the molecule is CCc1cc(/C(C)=N/OCc2ccc(C3CCCCC3)c(C(F)(F)F)c2)ccc1CN1CC(C(=O)NC)C1. The predicted molar refractivity (Wildman–Crippen MR) is 143 cm³/mol. The molecule has 0 aromatic heterocycles. The molecule has 0 bridgehead atoms. The zero-order chi connectivity index (χ0) is 27.3. The molecule has 5 nitrogen and oxygen atoms in total. The quantitative estimate of drug-likeness (QED) is 0.301. The third-order valence-corrected chi connectivity index (χ3v) is 7.87. The van der Waals surface area contributed by atoms with Crippen molar-refractivity contribution < 1.29 is 22.8 Å². The van der Waals surface area contributed by atoms with Gasteiger partial charge in [-0.1, -0.05) is 55.6 Å². The van der Waals surface area contributed by atoms with E-state index in [9.17, 15) is 18.0 Å². The summed E-state index contributed by atoms with van der Waals surface area (Å²) in [7, 11) is 1.67. The molecule has 8 heteroatoms. The van der Waals surface area contributed by atoms with Gasteiger partial charge in [0, 0.05) is 26.7 Å². The molecule has 4 rings (SSSR count). The van der Waals surface area contributed by atoms with Crippen molar-refractivity contribution >= 4 is 11.6 Å². The summed E-state index contributed by atoms with van der Waals surface area (Å²) in [5, 5.41) is 6.91. The molecule has 2 aromatic carbocycles. The Balaban J connectivity index is 1.39. The smallest absolute Gasteiger partial charge is 0.391 e. The van der Waals surface area contributed by atoms with Gasteiger partial charge < -0.3 is 10.2 Å². The van der Waals surface area contributed by atoms with E-state index in [1.54, 1.807) is 19.2 Å². The molecule has 2 fully saturated rings. The maximum Gasteiger partial charge on any atom is 0.416 e. The lowest BCUT2D eigenvalue weighted by Gasteiger charge is -2.38. The fourth-order valence-corrected chi connectivity index (χ4v) is 5.61. The normalized spacial score (nSPS) is 17.8. The molecule has 1 aliphatic heterocycles. The Labute approximate surface area is 223 Å². The van der Waals surface area contributed by atoms with Crippen LogP contribution < -0.4 is 5.32 Å². The van der Waals surface area contributed by atoms with Gasteiger partial charge in [0.25, 0.3) is 0 Å². The number of carbonyl (C=O) groups is 1. The van der Waals surface area contributed by atoms with Crippen LogP contribution in [0.5, 0.6) is 0 Å². The fraction of sp³-hybridized carbons (Fsp3) is 0.533. The van der Waals surface area contributed by atoms with E-state index in [2.05, 4.69) is 34.4 Å². The van der Waals surface area contributed by atoms with Gasteiger partial charge in [0.15, 0.2) is 0 Å². The van der Waals surface area contributed by atoms with Crippen LogP contribution in [0.1, 0.15) is 85.3 Å². The molecule has 1 saturated heterocycles. The lowest BCUT2D eigenvalue weighted by Crippen LogP contribution is -2.52. The van der Waals surface area contributed by atoms with Crippen molar-refractivity contribution in [2.75, 3.05) is 20.1 Å². The molecule has 2 aromatic rings. The number of nitrogens with zero attached hydrogens (tertiary/aromatic N) is 2. The van der Waals surface area contributed by atoms with Crippen LogP contribution in [0.4, 0.5) is 13.2 Å². The number of alkyl halides is 3. The van der Waals surface area contributed by atoms with Crippen molar-refractivity contribution in [3.8, 4) is 0 Å². The Bertz CT molecular complexity index is 1150. The zero-order valence-corrected chi connectivity index (χ0v) is 22.5. The van der Waals surface area contributed by atoms with Gasteiger partial charge in [-0.3, -0.25) is 9.69 Å². The van der Waals surface area contributed by atoms with E-state index in [0.717, 1.165) is 63.7 Å². The first kappa shape index (κ1) is 28.1. The van der Waals surface area contributed by atoms with Crippen molar-refractivity contribution in [3.05, 3.63) is 69.8 Å². The van der Waals surface area contributed by atoms with Gasteiger partial charge in [-0.05, 0) is 72.1 Å². The molecule has 2 aliphatic rings. The average Bonchev–Trinajstić information content (AvgIpc) is 2.90. The second-order valence-corrected chi connectivity index (χ2v) is 10.5. The van der Waals surface area contributed by atoms with E-state index in [1.807, 2.05) is 13.0 Å². The van der Waals surface area contributed by atoms with Crippen molar-refractivity contribution in [2.45, 2.75) is 77.6 Å². The Hall–Kier alpha value is -2.87. The summed E-state index contributed by atoms with van der Waals surface area (Å²) in [6.07, 6.45) is 1.17. The van der Waals surface area contributed by atoms with Crippen LogP contribution in [-0.2, 0) is 35.4 Å². The number of halogens is 3. The summed E-state index contributed by atoms with van der Waals surface area (Å²) in [5.41, 5.74) is 4.34. The van der Waals surface area contributed by atoms with Gasteiger partial charge in [-0.2, -0.15) is 13.2 Å². The number of rotatable bonds is 9. The van der Waals surface area contributed by atoms with E-state index >= 15 is 0 Å². The highest BCUT2D eigenvalue weighted by Gasteiger charge is 2.36. The second kappa shape index (κ2) is 12.3. The summed E-state index contributed by atoms with van der Waals surface area (Å²) in [6, 6.07) is 10.8. The highest BCUT2D eigenvalue weighted by Crippen LogP contribution is 2.41. The number of amides is 1. The molecular formula is C30H38F3N3O2. The number of hydrogen-bond acceptors (Lipinski definition) is 4. The van der Waals surface area contributed by atoms with Gasteiger partial charge in [0.1, 0.15) is 6.61 Å². The van der Waals surface area contributed by atoms with Gasteiger partial charge >= 0.3 is 6.18 Å². The van der Waals surface area contributed by atoms with Crippen molar-refractivity contribution in [2.24, 2.45) is 11.1 Å². The third-order valence-electron chi connectivity index (χ3n) is 7.87. The summed E-state index contributed by atoms with van der Waals surface area (Å²) in [5.74, 6) is 0.130. The molecule has 0 spiro atoms. The molecule has 1 saturated carbocycles. The first-order valence-electron chi connectivity index (χ1n) is 13.6. The summed E-state index contributed by atoms with van der Waals surface area (Å²) in [6.45, 7) is 6.23. The van der Waals surface area contributed by atoms with Gasteiger partial charge in [0.2, 0.25) is 5.91 Å². The topological polar surface area (TPSA) is 53.9 Å². The average molecular weight is 530 g/mol. The highest BCUT2D eigenvalue weighted by atomic mass is 19.4. The first-order chi connectivity index (χ1) is 18.2. The molecular weight excluding hydrogens is 491 g/mol. The van der Waals surface area contributed by atoms with Crippen LogP contribution in [0.3, 0.4) is 0 Å². The monoisotopic (exact) mass is 529 g/mol. The molecule has 1 N–H and O–H groups in total. The zero-order valence-electron chi connectivity index (χ0n) is 22.5. The minimum atomic E-state index is -4.39. The largest absolute Gasteiger partial charge is 0.416 e. The van der Waals surface area contributed by atoms with E-state index in [0.29, 0.717) is 16.8 Å². The first-order valence-corrected chi connectivity index (χ1v) is 13.6. The van der Waals surface area contributed by atoms with E-state index in [-0.39, 0.29) is 24.3 Å². The lowest BCUT2D eigenvalue weighted by molar-refractivity contribution is -0.138. The maximum atomic E-state index is 13.8. The number of nitrogens with one attached hydrogen (secondary N) is 1. The van der Waals surface area contributed by atoms with Crippen molar-refractivity contribution in [3.63, 3.8) is 0 Å². The Morgan fingerprint density at radius 1 is 1.08 bits per heavy atom. The minimum Gasteiger partial charge on any atom is -0.391 e. The summed E-state index contributed by atoms with van der Waals surface area (Å²) >= 11 is 0. The molecule has 206 valence electrons. The summed E-state index contributed by atoms with van der Waals surface area (Å²) in [4.78, 5) is 19.5. The van der Waals surface area contributed by atoms with Gasteiger partial charge in [0.05, 0.1) is 17.2 Å². The second-order valence-electron chi connectivity index (χ2n) is 10.5. The molecule has 38 heavy (non-hydrogen) atoms. The van der Waals surface area contributed by atoms with E-state index < -0.39 is 11.7 Å². The van der Waals surface area contributed by atoms with Crippen molar-refractivity contribution in [1.82, 2.24) is 10.2 Å². The molecule has 1 amide bonds. The van der Waals surface area contributed by atoms with Gasteiger partial charge in [-0.25, -0.2) is 0 Å². The number of hydrogen-bond donors (Lipinski definition) is 1. The molecule has 1 heterocycles. The van der Waals surface area contributed by atoms with E-state index in [4.69, 9.17) is 4.84 Å². The van der Waals surface area contributed by atoms with Crippen LogP contribution >= 0.6 is 0 Å². The van der Waals surface area contributed by atoms with Crippen molar-refractivity contribution in [1.29, 1.82) is 0 Å². The number of oxime groups is 1. The number of aryl methyl sites for hydroxylation is 1. The number of likely N-dealkylation sites (tertiary alicyclic amines) is 1. The van der Waals surface area contributed by atoms with E-state index in [1.165, 1.54) is 17.2 Å². The highest BCUT2D eigenvalue weighted by molar-refractivity contribution is 5.98. The van der Waals surface area contributed by atoms with Crippen LogP contribution in [0.15, 0.2) is 41.6 Å². The third kappa shape index (κ3) is 6.76. The Morgan fingerprint density at radius 3 is 2.47 bits per heavy atom. The van der Waals surface area contributed by atoms with Crippen LogP contribution in [0, 0.1) is 5.92 Å². The number of benzene rings is 2. The van der Waals surface area contributed by atoms with Crippen LogP contribution in [0.25, 0.3) is 0 Å². The Kier molecular flexibility index (Phi) is 9.13. The van der Waals surface area contributed by atoms with Gasteiger partial charge in [-0.15, -0.1) is 0 Å². The minimum absolute atomic E-state index is 0.0223. The predicted octanol–water partition coefficient (Wildman–Crippen LogP) is 6.43. The molecule has 0 atom stereocenters. The lowest BCUT2D eigenvalue weighted by atomic mass is 9.81. The summed E-state index contributed by atoms with van der Waals surface area (Å²) < 4.78 is 41.5. The van der Waals surface area contributed by atoms with Crippen LogP contribution in [-0.4, -0.2) is 36.7 Å². The Morgan fingerprint density at radius 2 is 1.82 bits per heavy atom. The molecule has 0 radical (unpaired) electrons. The van der Waals surface area contributed by atoms with Crippen LogP contribution in [0.2, 0.25) is 0 Å². The fourth-order valence-electron chi connectivity index (χ4n) is 5.61. The number of carbonyl (C=O) groups excluding carboxylic acids is 1. The maximum absolute atomic E-state index is 13.8. The molecule has 0 unspecified atom stereocenters. The standard InChI is InChI=1S/C30H38F3N3O2/c1-4-22-15-24(11-12-25(22)16-36-17-26(18-36)29(37)34-3)20(2)35-38-19-21-10-13-27(23-8-6-5-7-9-23)28(14-21)30(31,32)33/h10-15,23,26H,4-9,16-19H2,1-3H3,(H,34,37)/b35-20+.